The summed E-state index contributed by atoms with van der Waals surface area (Å²) in [6, 6.07) is 40.5. The average Bonchev–Trinajstić information content (AvgIpc) is 3.53. The Balaban J connectivity index is 1.27. The van der Waals surface area contributed by atoms with Crippen LogP contribution in [0.25, 0.3) is 50.0 Å². The molecule has 0 aliphatic carbocycles. The second-order valence-corrected chi connectivity index (χ2v) is 12.9. The van der Waals surface area contributed by atoms with Gasteiger partial charge in [0.05, 0.1) is 0 Å². The Bertz CT molecular complexity index is 2500. The third kappa shape index (κ3) is 4.57. The average molecular weight is 780 g/mol. The van der Waals surface area contributed by atoms with Gasteiger partial charge in [0.25, 0.3) is 0 Å². The topological polar surface area (TPSA) is 36.9 Å². The molecule has 8 rings (SSSR count). The van der Waals surface area contributed by atoms with Gasteiger partial charge in [-0.2, -0.15) is 0 Å². The van der Waals surface area contributed by atoms with Gasteiger partial charge in [0.1, 0.15) is 0 Å². The number of aryl methyl sites for hydroxylation is 4. The van der Waals surface area contributed by atoms with E-state index in [2.05, 4.69) is 163 Å². The van der Waals surface area contributed by atoms with Crippen molar-refractivity contribution in [2.75, 3.05) is 0 Å². The van der Waals surface area contributed by atoms with Crippen LogP contribution < -0.4 is 4.74 Å². The third-order valence-electron chi connectivity index (χ3n) is 8.75. The number of fused-ring (bicyclic) bond motifs is 4. The number of benzene rings is 5. The summed E-state index contributed by atoms with van der Waals surface area (Å²) < 4.78 is 14.7. The molecule has 3 aromatic heterocycles. The normalized spacial score (nSPS) is 11.6. The predicted octanol–water partition coefficient (Wildman–Crippen LogP) is 10.0. The van der Waals surface area contributed by atoms with E-state index in [1.807, 2.05) is 24.4 Å². The van der Waals surface area contributed by atoms with Gasteiger partial charge in [0.2, 0.25) is 0 Å². The van der Waals surface area contributed by atoms with Gasteiger partial charge in [0, 0.05) is 6.20 Å². The Kier molecular flexibility index (Phi) is 6.88. The summed E-state index contributed by atoms with van der Waals surface area (Å²) in [5.41, 5.74) is 11.6. The molecule has 46 heavy (non-hydrogen) atoms. The number of ether oxygens (including phenoxy) is 1. The maximum absolute atomic E-state index is 6.70. The summed E-state index contributed by atoms with van der Waals surface area (Å²) in [6.07, 6.45) is 1.84. The van der Waals surface area contributed by atoms with Crippen molar-refractivity contribution in [3.05, 3.63) is 148 Å². The molecular formula is C40H32N4OPt. The van der Waals surface area contributed by atoms with Crippen LogP contribution in [0.2, 0.25) is 0 Å². The van der Waals surface area contributed by atoms with E-state index >= 15 is 0 Å². The first kappa shape index (κ1) is 28.5. The Hall–Kier alpha value is -4.99. The Morgan fingerprint density at radius 1 is 0.565 bits per heavy atom. The van der Waals surface area contributed by atoms with Crippen LogP contribution in [-0.2, 0) is 19.4 Å². The van der Waals surface area contributed by atoms with Crippen LogP contribution >= 0.6 is 0 Å². The molecule has 0 aliphatic rings. The Morgan fingerprint density at radius 3 is 1.98 bits per heavy atom. The molecule has 0 N–H and O–H groups in total. The van der Waals surface area contributed by atoms with E-state index in [9.17, 15) is 0 Å². The molecule has 0 radical (unpaired) electrons. The van der Waals surface area contributed by atoms with E-state index in [1.54, 1.807) is 0 Å². The van der Waals surface area contributed by atoms with Gasteiger partial charge in [-0.3, -0.25) is 0 Å². The molecule has 0 bridgehead atoms. The first-order valence-electron chi connectivity index (χ1n) is 15.4. The second kappa shape index (κ2) is 11.1. The molecule has 0 spiro atoms. The molecule has 0 unspecified atom stereocenters. The number of imidazole rings is 1. The number of hydrogen-bond donors (Lipinski definition) is 0. The molecule has 3 heterocycles. The molecule has 0 fully saturated rings. The van der Waals surface area contributed by atoms with Crippen LogP contribution in [0.3, 0.4) is 0 Å². The summed E-state index contributed by atoms with van der Waals surface area (Å²) in [5, 5.41) is 2.35. The number of nitrogens with zero attached hydrogens (tertiary/aromatic N) is 4. The van der Waals surface area contributed by atoms with E-state index in [4.69, 9.17) is 4.74 Å². The molecule has 0 saturated heterocycles. The molecule has 0 aliphatic heterocycles. The van der Waals surface area contributed by atoms with Crippen molar-refractivity contribution in [3.63, 3.8) is 0 Å². The van der Waals surface area contributed by atoms with Gasteiger partial charge in [-0.1, -0.05) is 18.2 Å². The standard InChI is InChI=1S/C40H32N4O.Pt/c1-26-21-28(3)40(29(4)22-26)43-25-42(35-13-7-8-14-36(35)43)30-17-16-27(2)38(23-30)45-31-18-19-33-32-11-5-6-12-34(32)44(37(33)24-31)39-15-9-10-20-41-39;/h5-24H,1-4H3;. The van der Waals surface area contributed by atoms with Crippen molar-refractivity contribution in [1.29, 1.82) is 0 Å². The van der Waals surface area contributed by atoms with Crippen LogP contribution in [0.15, 0.2) is 121 Å². The molecule has 5 nitrogen and oxygen atoms in total. The monoisotopic (exact) mass is 779 g/mol. The van der Waals surface area contributed by atoms with E-state index in [0.717, 1.165) is 48.9 Å². The Morgan fingerprint density at radius 2 is 1.24 bits per heavy atom. The number of aromatic nitrogens is 4. The molecule has 8 aromatic rings. The molecule has 0 amide bonds. The minimum atomic E-state index is 0.779. The van der Waals surface area contributed by atoms with Crippen LogP contribution in [0.5, 0.6) is 11.5 Å². The van der Waals surface area contributed by atoms with Crippen molar-refractivity contribution in [3.8, 4) is 28.7 Å². The van der Waals surface area contributed by atoms with Gasteiger partial charge < -0.3 is 0 Å². The van der Waals surface area contributed by atoms with Gasteiger partial charge in [0.15, 0.2) is 0 Å². The summed E-state index contributed by atoms with van der Waals surface area (Å²) in [4.78, 5) is 4.68. The summed E-state index contributed by atoms with van der Waals surface area (Å²) >= 11 is 2.47. The predicted molar refractivity (Wildman–Crippen MR) is 183 cm³/mol. The van der Waals surface area contributed by atoms with Crippen LogP contribution in [0.1, 0.15) is 22.3 Å². The van der Waals surface area contributed by atoms with Gasteiger partial charge in [-0.05, 0) is 6.07 Å². The molecule has 228 valence electrons. The summed E-state index contributed by atoms with van der Waals surface area (Å²) in [6.45, 7) is 8.66. The second-order valence-electron chi connectivity index (χ2n) is 11.9. The first-order chi connectivity index (χ1) is 22.4. The summed E-state index contributed by atoms with van der Waals surface area (Å²) in [5.74, 6) is 2.48. The van der Waals surface area contributed by atoms with Gasteiger partial charge >= 0.3 is 249 Å². The third-order valence-corrected chi connectivity index (χ3v) is 9.76. The Labute approximate surface area is 278 Å². The fourth-order valence-electron chi connectivity index (χ4n) is 6.81. The van der Waals surface area contributed by atoms with E-state index < -0.39 is 0 Å². The fraction of sp³-hybridized carbons (Fsp3) is 0.100. The minimum absolute atomic E-state index is 0.779. The fourth-order valence-corrected chi connectivity index (χ4v) is 7.90. The van der Waals surface area contributed by atoms with Crippen molar-refractivity contribution < 1.29 is 24.1 Å². The maximum atomic E-state index is 6.70. The number of pyridine rings is 1. The van der Waals surface area contributed by atoms with E-state index in [-0.39, 0.29) is 0 Å². The van der Waals surface area contributed by atoms with Crippen LogP contribution in [0, 0.1) is 31.5 Å². The van der Waals surface area contributed by atoms with Gasteiger partial charge in [-0.15, -0.1) is 0 Å². The number of para-hydroxylation sites is 3. The van der Waals surface area contributed by atoms with Crippen LogP contribution in [-0.4, -0.2) is 18.7 Å². The zero-order valence-electron chi connectivity index (χ0n) is 26.1. The van der Waals surface area contributed by atoms with E-state index in [0.29, 0.717) is 0 Å². The van der Waals surface area contributed by atoms with Crippen molar-refractivity contribution in [2.45, 2.75) is 27.7 Å². The molecule has 0 atom stereocenters. The van der Waals surface area contributed by atoms with Gasteiger partial charge in [-0.25, -0.2) is 0 Å². The van der Waals surface area contributed by atoms with E-state index in [1.165, 1.54) is 38.7 Å². The quantitative estimate of drug-likeness (QED) is 0.175. The molecular weight excluding hydrogens is 748 g/mol. The molecule has 5 aromatic carbocycles. The van der Waals surface area contributed by atoms with Crippen LogP contribution in [0.4, 0.5) is 0 Å². The van der Waals surface area contributed by atoms with Crippen molar-refractivity contribution in [1.82, 2.24) is 18.7 Å². The zero-order chi connectivity index (χ0) is 31.5. The zero-order valence-corrected chi connectivity index (χ0v) is 28.3. The SMILES string of the molecule is Cc1cc(C)c(-n2[c](=[Pt])n(-c3ccc(C)c(Oc4ccc5c6ccccc6n(-c6ccccn6)c5c4)c3)c3ccccc32)c(C)c1. The molecule has 6 heteroatoms. The number of rotatable bonds is 5. The molecule has 0 saturated carbocycles. The summed E-state index contributed by atoms with van der Waals surface area (Å²) in [7, 11) is 0. The number of hydrogen-bond acceptors (Lipinski definition) is 2. The van der Waals surface area contributed by atoms with Crippen molar-refractivity contribution in [2.24, 2.45) is 0 Å². The first-order valence-corrected chi connectivity index (χ1v) is 16.5. The van der Waals surface area contributed by atoms with Crippen molar-refractivity contribution >= 4 is 32.8 Å².